The number of amides is 1. The van der Waals surface area contributed by atoms with Crippen LogP contribution >= 0.6 is 24.8 Å². The van der Waals surface area contributed by atoms with Gasteiger partial charge in [-0.2, -0.15) is 0 Å². The maximum absolute atomic E-state index is 12.5. The van der Waals surface area contributed by atoms with Crippen molar-refractivity contribution >= 4 is 42.1 Å². The van der Waals surface area contributed by atoms with Gasteiger partial charge in [0.1, 0.15) is 0 Å². The largest absolute Gasteiger partial charge is 0.399 e. The highest BCUT2D eigenvalue weighted by Crippen LogP contribution is 2.25. The molecule has 0 radical (unpaired) electrons. The van der Waals surface area contributed by atoms with Crippen LogP contribution in [0, 0.1) is 5.92 Å². The van der Waals surface area contributed by atoms with E-state index in [4.69, 9.17) is 10.5 Å². The molecule has 0 atom stereocenters. The first kappa shape index (κ1) is 19.9. The van der Waals surface area contributed by atoms with Crippen molar-refractivity contribution in [3.8, 4) is 0 Å². The van der Waals surface area contributed by atoms with Gasteiger partial charge < -0.3 is 20.3 Å². The van der Waals surface area contributed by atoms with E-state index >= 15 is 0 Å². The Morgan fingerprint density at radius 3 is 2.13 bits per heavy atom. The third-order valence-corrected chi connectivity index (χ3v) is 4.43. The van der Waals surface area contributed by atoms with Crippen LogP contribution in [0.3, 0.4) is 0 Å². The van der Waals surface area contributed by atoms with Crippen molar-refractivity contribution in [3.63, 3.8) is 0 Å². The molecule has 1 aromatic carbocycles. The molecule has 0 saturated carbocycles. The lowest BCUT2D eigenvalue weighted by molar-refractivity contribution is -0.140. The summed E-state index contributed by atoms with van der Waals surface area (Å²) in [6, 6.07) is 7.97. The van der Waals surface area contributed by atoms with E-state index in [0.29, 0.717) is 19.1 Å². The summed E-state index contributed by atoms with van der Waals surface area (Å²) in [5.74, 6) is 0.489. The van der Waals surface area contributed by atoms with Crippen LogP contribution in [0.5, 0.6) is 0 Å². The number of carbonyl (C=O) groups excluding carboxylic acids is 1. The van der Waals surface area contributed by atoms with Gasteiger partial charge in [-0.05, 0) is 37.1 Å². The average molecular weight is 362 g/mol. The van der Waals surface area contributed by atoms with Gasteiger partial charge in [0.25, 0.3) is 0 Å². The Labute approximate surface area is 150 Å². The number of anilines is 2. The first-order valence-electron chi connectivity index (χ1n) is 7.71. The summed E-state index contributed by atoms with van der Waals surface area (Å²) in [6.45, 7) is 4.72. The molecule has 2 fully saturated rings. The van der Waals surface area contributed by atoms with Crippen molar-refractivity contribution in [1.29, 1.82) is 0 Å². The van der Waals surface area contributed by atoms with Crippen molar-refractivity contribution < 1.29 is 9.53 Å². The quantitative estimate of drug-likeness (QED) is 0.820. The van der Waals surface area contributed by atoms with Gasteiger partial charge in [-0.25, -0.2) is 0 Å². The highest BCUT2D eigenvalue weighted by molar-refractivity contribution is 5.85. The molecular formula is C16H25Cl2N3O2. The van der Waals surface area contributed by atoms with E-state index in [2.05, 4.69) is 17.0 Å². The minimum Gasteiger partial charge on any atom is -0.399 e. The fourth-order valence-electron chi connectivity index (χ4n) is 3.11. The average Bonchev–Trinajstić information content (AvgIpc) is 2.56. The molecule has 0 spiro atoms. The van der Waals surface area contributed by atoms with Crippen molar-refractivity contribution in [2.24, 2.45) is 5.92 Å². The van der Waals surface area contributed by atoms with Gasteiger partial charge in [0.05, 0.1) is 13.2 Å². The second-order valence-electron chi connectivity index (χ2n) is 5.79. The Bertz CT molecular complexity index is 485. The summed E-state index contributed by atoms with van der Waals surface area (Å²) in [7, 11) is 0. The third-order valence-electron chi connectivity index (χ3n) is 4.43. The predicted octanol–water partition coefficient (Wildman–Crippen LogP) is 2.19. The van der Waals surface area contributed by atoms with Crippen LogP contribution in [0.25, 0.3) is 0 Å². The number of nitrogens with two attached hydrogens (primary N) is 1. The van der Waals surface area contributed by atoms with Crippen LogP contribution in [0.15, 0.2) is 24.3 Å². The second-order valence-corrected chi connectivity index (χ2v) is 5.79. The molecule has 0 aliphatic carbocycles. The summed E-state index contributed by atoms with van der Waals surface area (Å²) in [5, 5.41) is 0. The number of rotatable bonds is 2. The molecular weight excluding hydrogens is 337 g/mol. The van der Waals surface area contributed by atoms with Crippen LogP contribution in [0.2, 0.25) is 0 Å². The summed E-state index contributed by atoms with van der Waals surface area (Å²) in [6.07, 6.45) is 1.86. The Kier molecular flexibility index (Phi) is 7.95. The molecule has 130 valence electrons. The predicted molar refractivity (Wildman–Crippen MR) is 97.7 cm³/mol. The first-order chi connectivity index (χ1) is 10.2. The van der Waals surface area contributed by atoms with Crippen molar-refractivity contribution in [3.05, 3.63) is 24.3 Å². The normalized spacial score (nSPS) is 18.8. The molecule has 0 bridgehead atoms. The zero-order valence-electron chi connectivity index (χ0n) is 13.1. The summed E-state index contributed by atoms with van der Waals surface area (Å²) >= 11 is 0. The van der Waals surface area contributed by atoms with E-state index in [1.165, 1.54) is 5.69 Å². The van der Waals surface area contributed by atoms with E-state index in [1.54, 1.807) is 0 Å². The Morgan fingerprint density at radius 1 is 1.00 bits per heavy atom. The highest BCUT2D eigenvalue weighted by Gasteiger charge is 2.29. The number of nitrogens with zero attached hydrogens (tertiary/aromatic N) is 2. The number of hydrogen-bond acceptors (Lipinski definition) is 4. The highest BCUT2D eigenvalue weighted by atomic mass is 35.5. The number of morpholine rings is 1. The van der Waals surface area contributed by atoms with Gasteiger partial charge in [-0.15, -0.1) is 24.8 Å². The molecule has 5 nitrogen and oxygen atoms in total. The molecule has 1 aromatic rings. The van der Waals surface area contributed by atoms with Crippen LogP contribution in [0.1, 0.15) is 12.8 Å². The molecule has 23 heavy (non-hydrogen) atoms. The maximum Gasteiger partial charge on any atom is 0.225 e. The number of piperidine rings is 1. The molecule has 2 N–H and O–H groups in total. The summed E-state index contributed by atoms with van der Waals surface area (Å²) in [4.78, 5) is 16.8. The van der Waals surface area contributed by atoms with Gasteiger partial charge in [0.2, 0.25) is 5.91 Å². The van der Waals surface area contributed by atoms with Gasteiger partial charge >= 0.3 is 0 Å². The lowest BCUT2D eigenvalue weighted by atomic mass is 9.94. The summed E-state index contributed by atoms with van der Waals surface area (Å²) in [5.41, 5.74) is 7.71. The van der Waals surface area contributed by atoms with E-state index < -0.39 is 0 Å². The van der Waals surface area contributed by atoms with E-state index in [1.807, 2.05) is 17.0 Å². The molecule has 2 heterocycles. The topological polar surface area (TPSA) is 58.8 Å². The minimum atomic E-state index is 0. The zero-order chi connectivity index (χ0) is 14.7. The number of hydrogen-bond donors (Lipinski definition) is 1. The maximum atomic E-state index is 12.5. The third kappa shape index (κ3) is 4.90. The molecule has 0 aromatic heterocycles. The molecule has 3 rings (SSSR count). The van der Waals surface area contributed by atoms with Gasteiger partial charge in [-0.1, -0.05) is 0 Å². The van der Waals surface area contributed by atoms with E-state index in [9.17, 15) is 4.79 Å². The SMILES string of the molecule is Cl.Cl.Nc1ccc(N2CCC(C(=O)N3CCOCC3)CC2)cc1. The number of halogens is 2. The van der Waals surface area contributed by atoms with E-state index in [0.717, 1.165) is 44.7 Å². The standard InChI is InChI=1S/C16H23N3O2.2ClH/c17-14-1-3-15(4-2-14)18-7-5-13(6-8-18)16(20)19-9-11-21-12-10-19;;/h1-4,13H,5-12,17H2;2*1H. The smallest absolute Gasteiger partial charge is 0.225 e. The molecule has 2 aliphatic rings. The van der Waals surface area contributed by atoms with Crippen molar-refractivity contribution in [1.82, 2.24) is 4.90 Å². The first-order valence-corrected chi connectivity index (χ1v) is 7.71. The van der Waals surface area contributed by atoms with Crippen LogP contribution in [-0.2, 0) is 9.53 Å². The molecule has 2 aliphatic heterocycles. The fraction of sp³-hybridized carbons (Fsp3) is 0.562. The zero-order valence-corrected chi connectivity index (χ0v) is 14.8. The number of benzene rings is 1. The molecule has 7 heteroatoms. The van der Waals surface area contributed by atoms with Gasteiger partial charge in [0, 0.05) is 43.5 Å². The van der Waals surface area contributed by atoms with Crippen molar-refractivity contribution in [2.75, 3.05) is 50.0 Å². The fourth-order valence-corrected chi connectivity index (χ4v) is 3.11. The van der Waals surface area contributed by atoms with Gasteiger partial charge in [0.15, 0.2) is 0 Å². The van der Waals surface area contributed by atoms with Crippen LogP contribution < -0.4 is 10.6 Å². The number of ether oxygens (including phenoxy) is 1. The second kappa shape index (κ2) is 9.21. The van der Waals surface area contributed by atoms with Crippen LogP contribution in [0.4, 0.5) is 11.4 Å². The number of carbonyl (C=O) groups is 1. The van der Waals surface area contributed by atoms with Gasteiger partial charge in [-0.3, -0.25) is 4.79 Å². The van der Waals surface area contributed by atoms with Crippen LogP contribution in [-0.4, -0.2) is 50.2 Å². The lowest BCUT2D eigenvalue weighted by Gasteiger charge is -2.36. The molecule has 1 amide bonds. The lowest BCUT2D eigenvalue weighted by Crippen LogP contribution is -2.46. The summed E-state index contributed by atoms with van der Waals surface area (Å²) < 4.78 is 5.31. The molecule has 2 saturated heterocycles. The van der Waals surface area contributed by atoms with Crippen molar-refractivity contribution in [2.45, 2.75) is 12.8 Å². The Hall–Kier alpha value is -1.17. The monoisotopic (exact) mass is 361 g/mol. The Balaban J connectivity index is 0.00000132. The minimum absolute atomic E-state index is 0. The molecule has 0 unspecified atom stereocenters. The Morgan fingerprint density at radius 2 is 1.57 bits per heavy atom. The number of nitrogen functional groups attached to an aromatic ring is 1. The van der Waals surface area contributed by atoms with E-state index in [-0.39, 0.29) is 30.7 Å².